The van der Waals surface area contributed by atoms with E-state index in [1.807, 2.05) is 0 Å². The minimum atomic E-state index is -0.232. The van der Waals surface area contributed by atoms with Gasteiger partial charge in [-0.05, 0) is 62.9 Å². The molecule has 4 atom stereocenters. The molecule has 1 aromatic carbocycles. The summed E-state index contributed by atoms with van der Waals surface area (Å²) in [7, 11) is 2.24. The highest BCUT2D eigenvalue weighted by atomic mass is 79.9. The lowest BCUT2D eigenvalue weighted by atomic mass is 9.51. The number of piperidine rings is 1. The predicted octanol–water partition coefficient (Wildman–Crippen LogP) is 3.00. The molecule has 5 rings (SSSR count). The van der Waals surface area contributed by atoms with Crippen LogP contribution in [0.15, 0.2) is 10.5 Å². The summed E-state index contributed by atoms with van der Waals surface area (Å²) in [6, 6.07) is 2.72. The molecule has 2 aliphatic heterocycles. The van der Waals surface area contributed by atoms with Crippen LogP contribution in [0.4, 0.5) is 0 Å². The van der Waals surface area contributed by atoms with E-state index in [4.69, 9.17) is 4.74 Å². The number of likely N-dealkylation sites (N-methyl/N-ethyl adjacent to an activating group) is 1. The number of nitrogens with zero attached hydrogens (tertiary/aromatic N) is 1. The fourth-order valence-electron chi connectivity index (χ4n) is 5.73. The summed E-state index contributed by atoms with van der Waals surface area (Å²) in [4.78, 5) is 15.2. The van der Waals surface area contributed by atoms with Gasteiger partial charge in [0.25, 0.3) is 0 Å². The van der Waals surface area contributed by atoms with Crippen molar-refractivity contribution in [3.8, 4) is 5.75 Å². The van der Waals surface area contributed by atoms with Gasteiger partial charge in [-0.1, -0.05) is 15.9 Å². The Morgan fingerprint density at radius 3 is 3.09 bits per heavy atom. The van der Waals surface area contributed by atoms with E-state index >= 15 is 0 Å². The van der Waals surface area contributed by atoms with Crippen molar-refractivity contribution < 1.29 is 9.53 Å². The second kappa shape index (κ2) is 4.15. The van der Waals surface area contributed by atoms with E-state index in [0.29, 0.717) is 24.2 Å². The van der Waals surface area contributed by atoms with Crippen LogP contribution in [0.25, 0.3) is 0 Å². The van der Waals surface area contributed by atoms with Crippen LogP contribution in [0, 0.1) is 12.8 Å². The van der Waals surface area contributed by atoms with Crippen LogP contribution in [0.5, 0.6) is 5.75 Å². The van der Waals surface area contributed by atoms with E-state index in [1.54, 1.807) is 0 Å². The highest BCUT2D eigenvalue weighted by Gasteiger charge is 2.65. The Bertz CT molecular complexity index is 716. The third kappa shape index (κ3) is 1.35. The fraction of sp³-hybridized carbons (Fsp3) is 0.611. The molecule has 3 nitrogen and oxygen atoms in total. The number of benzene rings is 1. The summed E-state index contributed by atoms with van der Waals surface area (Å²) in [6.45, 7) is 3.17. The molecule has 1 saturated carbocycles. The number of ether oxygens (including phenoxy) is 1. The van der Waals surface area contributed by atoms with Crippen molar-refractivity contribution in [2.75, 3.05) is 13.6 Å². The molecule has 2 fully saturated rings. The average Bonchev–Trinajstić information content (AvgIpc) is 2.83. The van der Waals surface area contributed by atoms with Gasteiger partial charge in [-0.25, -0.2) is 0 Å². The number of ketones is 1. The topological polar surface area (TPSA) is 29.5 Å². The van der Waals surface area contributed by atoms with Gasteiger partial charge in [0.05, 0.1) is 0 Å². The Balaban J connectivity index is 1.86. The van der Waals surface area contributed by atoms with Crippen LogP contribution in [-0.4, -0.2) is 36.4 Å². The molecule has 4 aliphatic rings. The SMILES string of the molecule is Cc1cc(Br)c2c3c1O[C@@H]1C(=O)CC[C@@H]4[C@H](C2)N(C)CC[C@@]314. The molecule has 2 aliphatic carbocycles. The second-order valence-corrected chi connectivity index (χ2v) is 8.36. The summed E-state index contributed by atoms with van der Waals surface area (Å²) in [5, 5.41) is 0. The van der Waals surface area contributed by atoms with Gasteiger partial charge in [-0.3, -0.25) is 4.79 Å². The number of carbonyl (C=O) groups is 1. The lowest BCUT2D eigenvalue weighted by Gasteiger charge is -2.57. The molecule has 0 unspecified atom stereocenters. The van der Waals surface area contributed by atoms with E-state index in [2.05, 4.69) is 40.9 Å². The van der Waals surface area contributed by atoms with E-state index in [-0.39, 0.29) is 11.5 Å². The lowest BCUT2D eigenvalue weighted by molar-refractivity contribution is -0.138. The maximum atomic E-state index is 12.6. The molecule has 2 heterocycles. The van der Waals surface area contributed by atoms with Gasteiger partial charge in [0.1, 0.15) is 5.75 Å². The third-order valence-corrected chi connectivity index (χ3v) is 7.37. The standard InChI is InChI=1S/C18H20BrNO2/c1-9-7-12(19)10-8-13-11-3-4-14(21)17-18(11,5-6-20(13)2)15(10)16(9)22-17/h7,11,13,17H,3-6,8H2,1-2H3/t11-,13+,17-,18-/m1/s1. The van der Waals surface area contributed by atoms with Crippen LogP contribution >= 0.6 is 15.9 Å². The molecule has 1 spiro atoms. The molecule has 1 aromatic rings. The number of Topliss-reactive ketones (excluding diaryl/α,β-unsaturated/α-hetero) is 1. The predicted molar refractivity (Wildman–Crippen MR) is 87.4 cm³/mol. The van der Waals surface area contributed by atoms with Gasteiger partial charge in [-0.2, -0.15) is 0 Å². The maximum absolute atomic E-state index is 12.6. The third-order valence-electron chi connectivity index (χ3n) is 6.67. The van der Waals surface area contributed by atoms with Gasteiger partial charge >= 0.3 is 0 Å². The molecule has 2 bridgehead atoms. The van der Waals surface area contributed by atoms with Crippen molar-refractivity contribution in [3.05, 3.63) is 27.2 Å². The number of aryl methyl sites for hydroxylation is 1. The molecule has 116 valence electrons. The summed E-state index contributed by atoms with van der Waals surface area (Å²) in [6.07, 6.45) is 3.61. The van der Waals surface area contributed by atoms with Gasteiger partial charge in [-0.15, -0.1) is 0 Å². The minimum absolute atomic E-state index is 0.0516. The summed E-state index contributed by atoms with van der Waals surface area (Å²) >= 11 is 3.78. The van der Waals surface area contributed by atoms with E-state index in [0.717, 1.165) is 31.6 Å². The zero-order valence-corrected chi connectivity index (χ0v) is 14.6. The monoisotopic (exact) mass is 361 g/mol. The first kappa shape index (κ1) is 13.6. The molecule has 4 heteroatoms. The van der Waals surface area contributed by atoms with Crippen LogP contribution in [0.2, 0.25) is 0 Å². The molecule has 0 amide bonds. The van der Waals surface area contributed by atoms with Crippen molar-refractivity contribution in [1.29, 1.82) is 0 Å². The fourth-order valence-corrected chi connectivity index (χ4v) is 6.44. The Labute approximate surface area is 139 Å². The Hall–Kier alpha value is -0.870. The number of rotatable bonds is 0. The van der Waals surface area contributed by atoms with Crippen molar-refractivity contribution in [1.82, 2.24) is 4.90 Å². The normalized spacial score (nSPS) is 38.7. The molecular formula is C18H20BrNO2. The van der Waals surface area contributed by atoms with Crippen molar-refractivity contribution in [2.45, 2.75) is 50.2 Å². The number of likely N-dealkylation sites (tertiary alicyclic amines) is 1. The van der Waals surface area contributed by atoms with E-state index in [9.17, 15) is 4.79 Å². The van der Waals surface area contributed by atoms with E-state index < -0.39 is 0 Å². The lowest BCUT2D eigenvalue weighted by Crippen LogP contribution is -2.65. The molecule has 0 radical (unpaired) electrons. The Morgan fingerprint density at radius 1 is 1.45 bits per heavy atom. The first-order chi connectivity index (χ1) is 10.5. The number of carbonyl (C=O) groups excluding carboxylic acids is 1. The first-order valence-corrected chi connectivity index (χ1v) is 9.05. The van der Waals surface area contributed by atoms with Crippen LogP contribution in [0.3, 0.4) is 0 Å². The molecule has 0 aromatic heterocycles. The number of hydrogen-bond donors (Lipinski definition) is 0. The zero-order valence-electron chi connectivity index (χ0n) is 13.0. The van der Waals surface area contributed by atoms with Crippen molar-refractivity contribution in [3.63, 3.8) is 0 Å². The quantitative estimate of drug-likeness (QED) is 0.711. The first-order valence-electron chi connectivity index (χ1n) is 8.26. The largest absolute Gasteiger partial charge is 0.481 e. The molecule has 22 heavy (non-hydrogen) atoms. The van der Waals surface area contributed by atoms with Crippen molar-refractivity contribution in [2.24, 2.45) is 5.92 Å². The Morgan fingerprint density at radius 2 is 2.27 bits per heavy atom. The van der Waals surface area contributed by atoms with Crippen molar-refractivity contribution >= 4 is 21.7 Å². The van der Waals surface area contributed by atoms with Gasteiger partial charge in [0.2, 0.25) is 0 Å². The smallest absolute Gasteiger partial charge is 0.174 e. The second-order valence-electron chi connectivity index (χ2n) is 7.51. The minimum Gasteiger partial charge on any atom is -0.481 e. The van der Waals surface area contributed by atoms with Crippen LogP contribution in [0.1, 0.15) is 36.0 Å². The Kier molecular flexibility index (Phi) is 2.56. The highest BCUT2D eigenvalue weighted by molar-refractivity contribution is 9.10. The van der Waals surface area contributed by atoms with E-state index in [1.165, 1.54) is 21.2 Å². The summed E-state index contributed by atoms with van der Waals surface area (Å²) in [5.41, 5.74) is 3.89. The van der Waals surface area contributed by atoms with Gasteiger partial charge in [0, 0.05) is 27.9 Å². The zero-order chi connectivity index (χ0) is 15.2. The summed E-state index contributed by atoms with van der Waals surface area (Å²) < 4.78 is 7.52. The average molecular weight is 362 g/mol. The molecule has 0 N–H and O–H groups in total. The number of halogens is 1. The van der Waals surface area contributed by atoms with Crippen LogP contribution < -0.4 is 4.74 Å². The molecular weight excluding hydrogens is 342 g/mol. The number of hydrogen-bond acceptors (Lipinski definition) is 3. The maximum Gasteiger partial charge on any atom is 0.174 e. The summed E-state index contributed by atoms with van der Waals surface area (Å²) in [5.74, 6) is 1.90. The molecule has 1 saturated heterocycles. The highest BCUT2D eigenvalue weighted by Crippen LogP contribution is 2.62. The van der Waals surface area contributed by atoms with Gasteiger partial charge in [0.15, 0.2) is 11.9 Å². The van der Waals surface area contributed by atoms with Gasteiger partial charge < -0.3 is 9.64 Å². The van der Waals surface area contributed by atoms with Crippen LogP contribution in [-0.2, 0) is 16.6 Å².